The van der Waals surface area contributed by atoms with Crippen molar-refractivity contribution in [1.29, 1.82) is 0 Å². The van der Waals surface area contributed by atoms with Gasteiger partial charge < -0.3 is 0 Å². The summed E-state index contributed by atoms with van der Waals surface area (Å²) in [6.07, 6.45) is 5.54. The highest BCUT2D eigenvalue weighted by atomic mass is 32.2. The molecule has 0 saturated heterocycles. The van der Waals surface area contributed by atoms with Gasteiger partial charge in [-0.05, 0) is 17.9 Å². The van der Waals surface area contributed by atoms with E-state index in [-0.39, 0.29) is 0 Å². The molecule has 0 amide bonds. The molecule has 0 saturated carbocycles. The standard InChI is InChI=1S/C10H15N3OS/c1-11-10(15-3)13(14-2)8-9-5-4-6-12-7-9/h4-7H,8H2,1-3H3. The minimum atomic E-state index is 0.651. The number of nitrogens with zero attached hydrogens (tertiary/aromatic N) is 3. The third-order valence-electron chi connectivity index (χ3n) is 1.86. The maximum absolute atomic E-state index is 5.25. The SMILES string of the molecule is CN=C(SC)N(Cc1cccnc1)OC. The molecule has 1 aromatic heterocycles. The molecule has 0 atom stereocenters. The largest absolute Gasteiger partial charge is 0.275 e. The van der Waals surface area contributed by atoms with Gasteiger partial charge in [0.2, 0.25) is 0 Å². The number of thioether (sulfide) groups is 1. The van der Waals surface area contributed by atoms with Gasteiger partial charge in [0.15, 0.2) is 5.17 Å². The van der Waals surface area contributed by atoms with E-state index in [0.717, 1.165) is 10.7 Å². The van der Waals surface area contributed by atoms with E-state index in [9.17, 15) is 0 Å². The summed E-state index contributed by atoms with van der Waals surface area (Å²) in [5, 5.41) is 2.59. The van der Waals surface area contributed by atoms with Crippen LogP contribution in [-0.4, -0.2) is 35.6 Å². The van der Waals surface area contributed by atoms with E-state index in [4.69, 9.17) is 4.84 Å². The number of rotatable bonds is 3. The van der Waals surface area contributed by atoms with Gasteiger partial charge in [0.25, 0.3) is 0 Å². The van der Waals surface area contributed by atoms with Crippen LogP contribution in [0, 0.1) is 0 Å². The van der Waals surface area contributed by atoms with Crippen LogP contribution >= 0.6 is 11.8 Å². The van der Waals surface area contributed by atoms with Gasteiger partial charge in [-0.15, -0.1) is 0 Å². The molecule has 4 nitrogen and oxygen atoms in total. The van der Waals surface area contributed by atoms with Crippen LogP contribution in [0.3, 0.4) is 0 Å². The fraction of sp³-hybridized carbons (Fsp3) is 0.400. The zero-order valence-electron chi connectivity index (χ0n) is 9.17. The first-order valence-electron chi connectivity index (χ1n) is 4.53. The zero-order chi connectivity index (χ0) is 11.1. The number of amidine groups is 1. The van der Waals surface area contributed by atoms with Gasteiger partial charge >= 0.3 is 0 Å². The summed E-state index contributed by atoms with van der Waals surface area (Å²) in [7, 11) is 3.39. The van der Waals surface area contributed by atoms with Gasteiger partial charge in [0, 0.05) is 19.4 Å². The summed E-state index contributed by atoms with van der Waals surface area (Å²) in [6, 6.07) is 3.91. The molecule has 0 unspecified atom stereocenters. The van der Waals surface area contributed by atoms with Gasteiger partial charge in [0.1, 0.15) is 0 Å². The molecule has 0 fully saturated rings. The Morgan fingerprint density at radius 2 is 2.47 bits per heavy atom. The number of pyridine rings is 1. The quantitative estimate of drug-likeness (QED) is 0.446. The Morgan fingerprint density at radius 3 is 2.93 bits per heavy atom. The predicted molar refractivity (Wildman–Crippen MR) is 63.7 cm³/mol. The third-order valence-corrected chi connectivity index (χ3v) is 2.61. The van der Waals surface area contributed by atoms with E-state index >= 15 is 0 Å². The van der Waals surface area contributed by atoms with Gasteiger partial charge in [-0.3, -0.25) is 14.8 Å². The lowest BCUT2D eigenvalue weighted by Gasteiger charge is -2.21. The van der Waals surface area contributed by atoms with Gasteiger partial charge in [-0.25, -0.2) is 5.06 Å². The lowest BCUT2D eigenvalue weighted by Crippen LogP contribution is -2.27. The summed E-state index contributed by atoms with van der Waals surface area (Å²) in [5.74, 6) is 0. The molecule has 0 aliphatic rings. The molecule has 1 heterocycles. The normalized spacial score (nSPS) is 11.5. The number of hydrogen-bond donors (Lipinski definition) is 0. The fourth-order valence-corrected chi connectivity index (χ4v) is 1.70. The fourth-order valence-electron chi connectivity index (χ4n) is 1.17. The van der Waals surface area contributed by atoms with Crippen LogP contribution in [0.25, 0.3) is 0 Å². The minimum Gasteiger partial charge on any atom is -0.275 e. The molecule has 0 spiro atoms. The molecule has 5 heteroatoms. The summed E-state index contributed by atoms with van der Waals surface area (Å²) >= 11 is 1.55. The number of aromatic nitrogens is 1. The molecular weight excluding hydrogens is 210 g/mol. The van der Waals surface area contributed by atoms with Crippen LogP contribution in [-0.2, 0) is 11.4 Å². The van der Waals surface area contributed by atoms with E-state index < -0.39 is 0 Å². The van der Waals surface area contributed by atoms with Crippen LogP contribution in [0.4, 0.5) is 0 Å². The Bertz CT molecular complexity index is 316. The molecule has 82 valence electrons. The van der Waals surface area contributed by atoms with Crippen LogP contribution in [0.1, 0.15) is 5.56 Å². The van der Waals surface area contributed by atoms with Gasteiger partial charge in [-0.2, -0.15) is 0 Å². The number of aliphatic imine (C=N–C) groups is 1. The Hall–Kier alpha value is -1.07. The maximum atomic E-state index is 5.25. The van der Waals surface area contributed by atoms with Crippen molar-refractivity contribution in [2.24, 2.45) is 4.99 Å². The molecule has 0 radical (unpaired) electrons. The summed E-state index contributed by atoms with van der Waals surface area (Å²) in [6.45, 7) is 0.651. The molecule has 0 aromatic carbocycles. The number of hydroxylamine groups is 2. The first-order chi connectivity index (χ1) is 7.31. The molecule has 0 aliphatic heterocycles. The van der Waals surface area contributed by atoms with E-state index in [1.54, 1.807) is 37.2 Å². The summed E-state index contributed by atoms with van der Waals surface area (Å²) in [5.41, 5.74) is 1.09. The highest BCUT2D eigenvalue weighted by Gasteiger charge is 2.09. The lowest BCUT2D eigenvalue weighted by atomic mass is 10.3. The van der Waals surface area contributed by atoms with Crippen LogP contribution in [0.5, 0.6) is 0 Å². The second kappa shape index (κ2) is 6.42. The second-order valence-electron chi connectivity index (χ2n) is 2.79. The van der Waals surface area contributed by atoms with Crippen LogP contribution < -0.4 is 0 Å². The Balaban J connectivity index is 2.70. The maximum Gasteiger partial charge on any atom is 0.183 e. The first-order valence-corrected chi connectivity index (χ1v) is 5.75. The smallest absolute Gasteiger partial charge is 0.183 e. The Labute approximate surface area is 94.3 Å². The van der Waals surface area contributed by atoms with E-state index in [1.165, 1.54) is 0 Å². The third kappa shape index (κ3) is 3.53. The molecule has 0 aliphatic carbocycles. The van der Waals surface area contributed by atoms with Gasteiger partial charge in [-0.1, -0.05) is 17.8 Å². The molecule has 1 aromatic rings. The van der Waals surface area contributed by atoms with Crippen molar-refractivity contribution in [3.05, 3.63) is 30.1 Å². The molecule has 15 heavy (non-hydrogen) atoms. The minimum absolute atomic E-state index is 0.651. The van der Waals surface area contributed by atoms with Crippen molar-refractivity contribution >= 4 is 16.9 Å². The summed E-state index contributed by atoms with van der Waals surface area (Å²) in [4.78, 5) is 13.4. The van der Waals surface area contributed by atoms with Crippen molar-refractivity contribution in [3.8, 4) is 0 Å². The molecule has 1 rings (SSSR count). The Kier molecular flexibility index (Phi) is 5.14. The number of hydrogen-bond acceptors (Lipinski definition) is 4. The zero-order valence-corrected chi connectivity index (χ0v) is 9.99. The van der Waals surface area contributed by atoms with Crippen molar-refractivity contribution in [1.82, 2.24) is 10.0 Å². The monoisotopic (exact) mass is 225 g/mol. The highest BCUT2D eigenvalue weighted by molar-refractivity contribution is 8.13. The summed E-state index contributed by atoms with van der Waals surface area (Å²) < 4.78 is 0. The first kappa shape index (κ1) is 12.0. The topological polar surface area (TPSA) is 37.7 Å². The van der Waals surface area contributed by atoms with Crippen LogP contribution in [0.2, 0.25) is 0 Å². The van der Waals surface area contributed by atoms with E-state index in [0.29, 0.717) is 6.54 Å². The predicted octanol–water partition coefficient (Wildman–Crippen LogP) is 1.79. The van der Waals surface area contributed by atoms with Crippen molar-refractivity contribution < 1.29 is 4.84 Å². The van der Waals surface area contributed by atoms with E-state index in [2.05, 4.69) is 9.98 Å². The van der Waals surface area contributed by atoms with Crippen molar-refractivity contribution in [2.75, 3.05) is 20.4 Å². The van der Waals surface area contributed by atoms with Crippen molar-refractivity contribution in [3.63, 3.8) is 0 Å². The second-order valence-corrected chi connectivity index (χ2v) is 3.56. The average Bonchev–Trinajstić information content (AvgIpc) is 2.30. The van der Waals surface area contributed by atoms with E-state index in [1.807, 2.05) is 24.6 Å². The van der Waals surface area contributed by atoms with Crippen LogP contribution in [0.15, 0.2) is 29.5 Å². The Morgan fingerprint density at radius 1 is 1.67 bits per heavy atom. The molecule has 0 N–H and O–H groups in total. The van der Waals surface area contributed by atoms with Gasteiger partial charge in [0.05, 0.1) is 13.7 Å². The molecule has 0 bridgehead atoms. The average molecular weight is 225 g/mol. The highest BCUT2D eigenvalue weighted by Crippen LogP contribution is 2.10. The van der Waals surface area contributed by atoms with Crippen molar-refractivity contribution in [2.45, 2.75) is 6.54 Å². The molecular formula is C10H15N3OS. The lowest BCUT2D eigenvalue weighted by molar-refractivity contribution is -0.0688.